The van der Waals surface area contributed by atoms with E-state index in [-0.39, 0.29) is 12.0 Å². The number of carbonyl (C=O) groups excluding carboxylic acids is 1. The molecular formula is C13H19N3O3. The molecule has 1 aliphatic rings. The number of nitrogens with two attached hydrogens (primary N) is 1. The third kappa shape index (κ3) is 3.21. The fraction of sp³-hybridized carbons (Fsp3) is 0.538. The molecule has 0 aromatic carbocycles. The summed E-state index contributed by atoms with van der Waals surface area (Å²) in [6.07, 6.45) is -0.197. The molecule has 1 aromatic rings. The van der Waals surface area contributed by atoms with Crippen LogP contribution in [0.15, 0.2) is 18.2 Å². The van der Waals surface area contributed by atoms with Crippen LogP contribution in [0.3, 0.4) is 0 Å². The highest BCUT2D eigenvalue weighted by atomic mass is 16.5. The molecule has 1 aromatic heterocycles. The highest BCUT2D eigenvalue weighted by molar-refractivity contribution is 5.80. The summed E-state index contributed by atoms with van der Waals surface area (Å²) >= 11 is 0. The van der Waals surface area contributed by atoms with E-state index in [1.807, 2.05) is 24.0 Å². The zero-order valence-electron chi connectivity index (χ0n) is 11.2. The Balaban J connectivity index is 2.13. The second kappa shape index (κ2) is 5.99. The zero-order valence-corrected chi connectivity index (χ0v) is 11.2. The molecule has 1 amide bonds. The van der Waals surface area contributed by atoms with Crippen LogP contribution >= 0.6 is 0 Å². The lowest BCUT2D eigenvalue weighted by Crippen LogP contribution is -2.56. The van der Waals surface area contributed by atoms with E-state index in [0.29, 0.717) is 25.6 Å². The quantitative estimate of drug-likeness (QED) is 0.839. The molecule has 0 unspecified atom stereocenters. The van der Waals surface area contributed by atoms with Crippen molar-refractivity contribution in [2.45, 2.75) is 25.6 Å². The minimum atomic E-state index is -0.415. The number of methoxy groups -OCH3 is 1. The van der Waals surface area contributed by atoms with Gasteiger partial charge in [0.2, 0.25) is 11.8 Å². The Morgan fingerprint density at radius 2 is 2.42 bits per heavy atom. The number of nitrogens with zero attached hydrogens (tertiary/aromatic N) is 2. The largest absolute Gasteiger partial charge is 0.481 e. The topological polar surface area (TPSA) is 77.7 Å². The van der Waals surface area contributed by atoms with E-state index in [4.69, 9.17) is 15.2 Å². The van der Waals surface area contributed by atoms with E-state index in [2.05, 4.69) is 4.98 Å². The van der Waals surface area contributed by atoms with Crippen molar-refractivity contribution >= 4 is 5.91 Å². The molecule has 104 valence electrons. The van der Waals surface area contributed by atoms with Crippen molar-refractivity contribution in [3.05, 3.63) is 23.9 Å². The number of morpholine rings is 1. The van der Waals surface area contributed by atoms with Crippen molar-refractivity contribution in [2.24, 2.45) is 5.73 Å². The summed E-state index contributed by atoms with van der Waals surface area (Å²) in [5.41, 5.74) is 6.30. The summed E-state index contributed by atoms with van der Waals surface area (Å²) < 4.78 is 10.6. The Morgan fingerprint density at radius 1 is 1.63 bits per heavy atom. The van der Waals surface area contributed by atoms with Crippen LogP contribution in [-0.4, -0.2) is 48.2 Å². The number of ether oxygens (including phenoxy) is 2. The molecule has 1 fully saturated rings. The molecule has 2 heterocycles. The molecule has 1 saturated heterocycles. The van der Waals surface area contributed by atoms with Crippen molar-refractivity contribution in [3.63, 3.8) is 0 Å². The van der Waals surface area contributed by atoms with Crippen LogP contribution in [0.2, 0.25) is 0 Å². The molecule has 0 bridgehead atoms. The summed E-state index contributed by atoms with van der Waals surface area (Å²) in [5, 5.41) is 0. The number of rotatable bonds is 4. The lowest BCUT2D eigenvalue weighted by atomic mass is 10.1. The number of aromatic nitrogens is 1. The van der Waals surface area contributed by atoms with Crippen LogP contribution in [0.25, 0.3) is 0 Å². The van der Waals surface area contributed by atoms with Gasteiger partial charge >= 0.3 is 0 Å². The number of hydrogen-bond donors (Lipinski definition) is 1. The predicted molar refractivity (Wildman–Crippen MR) is 69.6 cm³/mol. The summed E-state index contributed by atoms with van der Waals surface area (Å²) in [5.74, 6) is 0.199. The molecule has 19 heavy (non-hydrogen) atoms. The van der Waals surface area contributed by atoms with E-state index < -0.39 is 6.04 Å². The van der Waals surface area contributed by atoms with E-state index >= 15 is 0 Å². The Labute approximate surface area is 112 Å². The van der Waals surface area contributed by atoms with Gasteiger partial charge in [-0.05, 0) is 13.0 Å². The first kappa shape index (κ1) is 13.8. The van der Waals surface area contributed by atoms with Crippen LogP contribution in [0.4, 0.5) is 0 Å². The maximum absolute atomic E-state index is 11.5. The number of primary amides is 1. The number of carbonyl (C=O) groups is 1. The SMILES string of the molecule is COc1cccc(CN2CCO[C@H](C)[C@H]2C(N)=O)n1. The lowest BCUT2D eigenvalue weighted by Gasteiger charge is -2.37. The Kier molecular flexibility index (Phi) is 4.34. The van der Waals surface area contributed by atoms with Crippen LogP contribution in [0.5, 0.6) is 5.88 Å². The number of amides is 1. The van der Waals surface area contributed by atoms with Gasteiger partial charge in [0.05, 0.1) is 25.5 Å². The molecule has 0 aliphatic carbocycles. The van der Waals surface area contributed by atoms with Crippen LogP contribution in [0.1, 0.15) is 12.6 Å². The monoisotopic (exact) mass is 265 g/mol. The summed E-state index contributed by atoms with van der Waals surface area (Å²) in [4.78, 5) is 17.9. The first-order valence-electron chi connectivity index (χ1n) is 6.26. The summed E-state index contributed by atoms with van der Waals surface area (Å²) in [7, 11) is 1.58. The molecule has 2 rings (SSSR count). The van der Waals surface area contributed by atoms with E-state index in [9.17, 15) is 4.79 Å². The normalized spacial score (nSPS) is 24.1. The van der Waals surface area contributed by atoms with E-state index in [1.54, 1.807) is 13.2 Å². The Morgan fingerprint density at radius 3 is 3.11 bits per heavy atom. The fourth-order valence-corrected chi connectivity index (χ4v) is 2.34. The molecular weight excluding hydrogens is 246 g/mol. The Bertz CT molecular complexity index is 453. The fourth-order valence-electron chi connectivity index (χ4n) is 2.34. The third-order valence-electron chi connectivity index (χ3n) is 3.24. The van der Waals surface area contributed by atoms with Gasteiger partial charge in [-0.25, -0.2) is 4.98 Å². The second-order valence-electron chi connectivity index (χ2n) is 4.56. The van der Waals surface area contributed by atoms with Crippen LogP contribution < -0.4 is 10.5 Å². The van der Waals surface area contributed by atoms with E-state index in [0.717, 1.165) is 5.69 Å². The lowest BCUT2D eigenvalue weighted by molar-refractivity contribution is -0.136. The average molecular weight is 265 g/mol. The van der Waals surface area contributed by atoms with Gasteiger partial charge in [0, 0.05) is 19.2 Å². The smallest absolute Gasteiger partial charge is 0.237 e. The maximum Gasteiger partial charge on any atom is 0.237 e. The highest BCUT2D eigenvalue weighted by Crippen LogP contribution is 2.17. The van der Waals surface area contributed by atoms with Gasteiger partial charge < -0.3 is 15.2 Å². The van der Waals surface area contributed by atoms with Crippen molar-refractivity contribution in [1.82, 2.24) is 9.88 Å². The first-order valence-corrected chi connectivity index (χ1v) is 6.26. The molecule has 2 atom stereocenters. The molecule has 2 N–H and O–H groups in total. The minimum Gasteiger partial charge on any atom is -0.481 e. The minimum absolute atomic E-state index is 0.197. The molecule has 0 spiro atoms. The second-order valence-corrected chi connectivity index (χ2v) is 4.56. The molecule has 6 nitrogen and oxygen atoms in total. The maximum atomic E-state index is 11.5. The van der Waals surface area contributed by atoms with Crippen molar-refractivity contribution in [1.29, 1.82) is 0 Å². The summed E-state index contributed by atoms with van der Waals surface area (Å²) in [6, 6.07) is 5.16. The third-order valence-corrected chi connectivity index (χ3v) is 3.24. The standard InChI is InChI=1S/C13H19N3O3/c1-9-12(13(14)17)16(6-7-19-9)8-10-4-3-5-11(15-10)18-2/h3-5,9,12H,6-8H2,1-2H3,(H2,14,17)/t9-,12+/m1/s1. The molecule has 0 radical (unpaired) electrons. The van der Waals surface area contributed by atoms with Crippen molar-refractivity contribution in [3.8, 4) is 5.88 Å². The van der Waals surface area contributed by atoms with Gasteiger partial charge in [-0.1, -0.05) is 6.07 Å². The van der Waals surface area contributed by atoms with Gasteiger partial charge in [-0.2, -0.15) is 0 Å². The zero-order chi connectivity index (χ0) is 13.8. The number of hydrogen-bond acceptors (Lipinski definition) is 5. The molecule has 0 saturated carbocycles. The molecule has 6 heteroatoms. The summed E-state index contributed by atoms with van der Waals surface area (Å²) in [6.45, 7) is 3.67. The molecule has 1 aliphatic heterocycles. The van der Waals surface area contributed by atoms with Crippen LogP contribution in [0, 0.1) is 0 Å². The van der Waals surface area contributed by atoms with Gasteiger partial charge in [-0.3, -0.25) is 9.69 Å². The predicted octanol–water partition coefficient (Wildman–Crippen LogP) is 0.165. The van der Waals surface area contributed by atoms with Gasteiger partial charge in [0.25, 0.3) is 0 Å². The Hall–Kier alpha value is -1.66. The van der Waals surface area contributed by atoms with Crippen LogP contribution in [-0.2, 0) is 16.1 Å². The van der Waals surface area contributed by atoms with Crippen molar-refractivity contribution < 1.29 is 14.3 Å². The van der Waals surface area contributed by atoms with Gasteiger partial charge in [-0.15, -0.1) is 0 Å². The average Bonchev–Trinajstić information content (AvgIpc) is 2.38. The van der Waals surface area contributed by atoms with Gasteiger partial charge in [0.1, 0.15) is 6.04 Å². The van der Waals surface area contributed by atoms with Crippen molar-refractivity contribution in [2.75, 3.05) is 20.3 Å². The number of pyridine rings is 1. The van der Waals surface area contributed by atoms with Gasteiger partial charge in [0.15, 0.2) is 0 Å². The van der Waals surface area contributed by atoms with E-state index in [1.165, 1.54) is 0 Å². The highest BCUT2D eigenvalue weighted by Gasteiger charge is 2.33. The first-order chi connectivity index (χ1) is 9.11.